The quantitative estimate of drug-likeness (QED) is 0.553. The van der Waals surface area contributed by atoms with Crippen molar-refractivity contribution in [2.24, 2.45) is 0 Å². The minimum atomic E-state index is -0.433. The second kappa shape index (κ2) is 8.29. The molecule has 0 bridgehead atoms. The molecule has 1 aliphatic rings. The van der Waals surface area contributed by atoms with Gasteiger partial charge in [-0.3, -0.25) is 14.9 Å². The highest BCUT2D eigenvalue weighted by molar-refractivity contribution is 5.95. The first-order valence-corrected chi connectivity index (χ1v) is 9.49. The van der Waals surface area contributed by atoms with E-state index >= 15 is 0 Å². The van der Waals surface area contributed by atoms with Crippen LogP contribution >= 0.6 is 0 Å². The lowest BCUT2D eigenvalue weighted by atomic mass is 10.1. The van der Waals surface area contributed by atoms with Crippen LogP contribution < -0.4 is 10.2 Å². The van der Waals surface area contributed by atoms with Crippen LogP contribution in [-0.2, 0) is 6.54 Å². The van der Waals surface area contributed by atoms with Crippen LogP contribution in [0.4, 0.5) is 17.1 Å². The van der Waals surface area contributed by atoms with Crippen LogP contribution in [0.3, 0.4) is 0 Å². The molecular weight excluding hydrogens is 356 g/mol. The number of nitrogens with zero attached hydrogens (tertiary/aromatic N) is 3. The van der Waals surface area contributed by atoms with Crippen LogP contribution in [0.1, 0.15) is 35.7 Å². The van der Waals surface area contributed by atoms with Crippen molar-refractivity contribution in [3.63, 3.8) is 0 Å². The molecule has 0 heterocycles. The predicted octanol–water partition coefficient (Wildman–Crippen LogP) is 3.90. The van der Waals surface area contributed by atoms with E-state index in [1.807, 2.05) is 50.2 Å². The zero-order valence-corrected chi connectivity index (χ0v) is 16.5. The molecule has 1 saturated carbocycles. The third-order valence-corrected chi connectivity index (χ3v) is 4.87. The van der Waals surface area contributed by atoms with Crippen molar-refractivity contribution in [3.8, 4) is 0 Å². The highest BCUT2D eigenvalue weighted by atomic mass is 16.6. The molecule has 2 aromatic carbocycles. The van der Waals surface area contributed by atoms with Crippen molar-refractivity contribution in [1.29, 1.82) is 0 Å². The SMILES string of the molecule is CCN(Cc1ccc(N(C)C)cc1)C(=O)c1ccc(NC2CC2)c([N+](=O)[O-])c1. The largest absolute Gasteiger partial charge is 0.378 e. The molecule has 0 unspecified atom stereocenters. The molecule has 0 radical (unpaired) electrons. The first kappa shape index (κ1) is 19.7. The van der Waals surface area contributed by atoms with Gasteiger partial charge in [-0.2, -0.15) is 0 Å². The van der Waals surface area contributed by atoms with Crippen molar-refractivity contribution >= 4 is 23.0 Å². The molecule has 148 valence electrons. The highest BCUT2D eigenvalue weighted by Gasteiger charge is 2.26. The van der Waals surface area contributed by atoms with E-state index in [1.54, 1.807) is 17.0 Å². The lowest BCUT2D eigenvalue weighted by Gasteiger charge is -2.22. The van der Waals surface area contributed by atoms with Gasteiger partial charge in [-0.15, -0.1) is 0 Å². The Hall–Kier alpha value is -3.09. The molecule has 0 aromatic heterocycles. The van der Waals surface area contributed by atoms with Crippen LogP contribution in [0, 0.1) is 10.1 Å². The van der Waals surface area contributed by atoms with Gasteiger partial charge < -0.3 is 15.1 Å². The fourth-order valence-electron chi connectivity index (χ4n) is 3.02. The number of nitrogens with one attached hydrogen (secondary N) is 1. The van der Waals surface area contributed by atoms with Gasteiger partial charge in [-0.25, -0.2) is 0 Å². The molecule has 1 aliphatic carbocycles. The fourth-order valence-corrected chi connectivity index (χ4v) is 3.02. The third kappa shape index (κ3) is 4.60. The van der Waals surface area contributed by atoms with E-state index in [0.717, 1.165) is 24.1 Å². The molecule has 7 heteroatoms. The van der Waals surface area contributed by atoms with Gasteiger partial charge in [0.2, 0.25) is 0 Å². The Kier molecular flexibility index (Phi) is 5.82. The van der Waals surface area contributed by atoms with Crippen LogP contribution in [-0.4, -0.2) is 42.4 Å². The first-order valence-electron chi connectivity index (χ1n) is 9.49. The lowest BCUT2D eigenvalue weighted by Crippen LogP contribution is -2.30. The Balaban J connectivity index is 1.78. The minimum absolute atomic E-state index is 0.0517. The van der Waals surface area contributed by atoms with Gasteiger partial charge in [0, 0.05) is 50.5 Å². The third-order valence-electron chi connectivity index (χ3n) is 4.87. The molecule has 1 N–H and O–H groups in total. The Labute approximate surface area is 165 Å². The average Bonchev–Trinajstić information content (AvgIpc) is 3.50. The summed E-state index contributed by atoms with van der Waals surface area (Å²) in [6.07, 6.45) is 2.04. The second-order valence-electron chi connectivity index (χ2n) is 7.29. The number of nitro groups is 1. The van der Waals surface area contributed by atoms with E-state index < -0.39 is 4.92 Å². The summed E-state index contributed by atoms with van der Waals surface area (Å²) in [5.41, 5.74) is 2.87. The topological polar surface area (TPSA) is 78.7 Å². The number of carbonyl (C=O) groups excluding carboxylic acids is 1. The monoisotopic (exact) mass is 382 g/mol. The van der Waals surface area contributed by atoms with Gasteiger partial charge in [0.05, 0.1) is 4.92 Å². The second-order valence-corrected chi connectivity index (χ2v) is 7.29. The molecule has 1 fully saturated rings. The summed E-state index contributed by atoms with van der Waals surface area (Å²) in [5.74, 6) is -0.208. The van der Waals surface area contributed by atoms with Gasteiger partial charge in [0.25, 0.3) is 11.6 Å². The van der Waals surface area contributed by atoms with E-state index in [1.165, 1.54) is 6.07 Å². The summed E-state index contributed by atoms with van der Waals surface area (Å²) in [7, 11) is 3.96. The van der Waals surface area contributed by atoms with Gasteiger partial charge in [-0.1, -0.05) is 12.1 Å². The Morgan fingerprint density at radius 1 is 1.18 bits per heavy atom. The van der Waals surface area contributed by atoms with Crippen molar-refractivity contribution in [2.75, 3.05) is 30.9 Å². The lowest BCUT2D eigenvalue weighted by molar-refractivity contribution is -0.384. The van der Waals surface area contributed by atoms with Crippen molar-refractivity contribution in [1.82, 2.24) is 4.90 Å². The van der Waals surface area contributed by atoms with Gasteiger partial charge in [0.15, 0.2) is 0 Å². The normalized spacial score (nSPS) is 13.1. The highest BCUT2D eigenvalue weighted by Crippen LogP contribution is 2.32. The van der Waals surface area contributed by atoms with E-state index in [4.69, 9.17) is 0 Å². The maximum Gasteiger partial charge on any atom is 0.293 e. The van der Waals surface area contributed by atoms with Gasteiger partial charge in [0.1, 0.15) is 5.69 Å². The number of nitro benzene ring substituents is 1. The zero-order chi connectivity index (χ0) is 20.3. The number of hydrogen-bond donors (Lipinski definition) is 1. The molecule has 28 heavy (non-hydrogen) atoms. The standard InChI is InChI=1S/C21H26N4O3/c1-4-24(14-15-5-10-18(11-6-15)23(2)3)21(26)16-7-12-19(22-17-8-9-17)20(13-16)25(27)28/h5-7,10-13,17,22H,4,8-9,14H2,1-3H3. The number of rotatable bonds is 8. The maximum atomic E-state index is 13.0. The fraction of sp³-hybridized carbons (Fsp3) is 0.381. The number of benzene rings is 2. The molecule has 3 rings (SSSR count). The minimum Gasteiger partial charge on any atom is -0.378 e. The Morgan fingerprint density at radius 2 is 1.86 bits per heavy atom. The van der Waals surface area contributed by atoms with Crippen LogP contribution in [0.2, 0.25) is 0 Å². The molecule has 7 nitrogen and oxygen atoms in total. The summed E-state index contributed by atoms with van der Waals surface area (Å²) in [4.78, 5) is 27.7. The van der Waals surface area contributed by atoms with E-state index in [0.29, 0.717) is 30.4 Å². The van der Waals surface area contributed by atoms with E-state index in [9.17, 15) is 14.9 Å². The molecule has 0 aliphatic heterocycles. The molecule has 0 atom stereocenters. The number of anilines is 2. The van der Waals surface area contributed by atoms with E-state index in [2.05, 4.69) is 5.32 Å². The van der Waals surface area contributed by atoms with E-state index in [-0.39, 0.29) is 11.6 Å². The Morgan fingerprint density at radius 3 is 2.39 bits per heavy atom. The molecule has 2 aromatic rings. The zero-order valence-electron chi connectivity index (χ0n) is 16.5. The van der Waals surface area contributed by atoms with Crippen LogP contribution in [0.5, 0.6) is 0 Å². The van der Waals surface area contributed by atoms with Gasteiger partial charge >= 0.3 is 0 Å². The van der Waals surface area contributed by atoms with Crippen molar-refractivity contribution in [3.05, 3.63) is 63.7 Å². The number of hydrogen-bond acceptors (Lipinski definition) is 5. The molecule has 0 spiro atoms. The maximum absolute atomic E-state index is 13.0. The molecular formula is C21H26N4O3. The number of carbonyl (C=O) groups is 1. The van der Waals surface area contributed by atoms with Crippen molar-refractivity contribution in [2.45, 2.75) is 32.4 Å². The van der Waals surface area contributed by atoms with Crippen LogP contribution in [0.25, 0.3) is 0 Å². The van der Waals surface area contributed by atoms with Gasteiger partial charge in [-0.05, 0) is 49.6 Å². The summed E-state index contributed by atoms with van der Waals surface area (Å²) in [6.45, 7) is 2.88. The summed E-state index contributed by atoms with van der Waals surface area (Å²) >= 11 is 0. The summed E-state index contributed by atoms with van der Waals surface area (Å²) in [6, 6.07) is 13.0. The predicted molar refractivity (Wildman–Crippen MR) is 111 cm³/mol. The summed E-state index contributed by atoms with van der Waals surface area (Å²) in [5, 5.41) is 14.6. The average molecular weight is 382 g/mol. The van der Waals surface area contributed by atoms with Crippen LogP contribution in [0.15, 0.2) is 42.5 Å². The smallest absolute Gasteiger partial charge is 0.293 e. The summed E-state index contributed by atoms with van der Waals surface area (Å²) < 4.78 is 0. The molecule has 1 amide bonds. The first-order chi connectivity index (χ1) is 13.4. The van der Waals surface area contributed by atoms with Crippen molar-refractivity contribution < 1.29 is 9.72 Å². The molecule has 0 saturated heterocycles. The Bertz CT molecular complexity index is 860. The number of amides is 1.